The van der Waals surface area contributed by atoms with Crippen LogP contribution in [0.25, 0.3) is 0 Å². The van der Waals surface area contributed by atoms with Crippen molar-refractivity contribution < 1.29 is 9.21 Å². The zero-order valence-corrected chi connectivity index (χ0v) is 9.39. The first kappa shape index (κ1) is 11.3. The zero-order valence-electron chi connectivity index (χ0n) is 8.63. The summed E-state index contributed by atoms with van der Waals surface area (Å²) in [6.07, 6.45) is 4.38. The number of hydrazone groups is 1. The van der Waals surface area contributed by atoms with Crippen molar-refractivity contribution in [3.63, 3.8) is 0 Å². The Kier molecular flexibility index (Phi) is 3.52. The summed E-state index contributed by atoms with van der Waals surface area (Å²) in [5, 5.41) is 4.00. The van der Waals surface area contributed by atoms with Crippen molar-refractivity contribution in [1.82, 2.24) is 10.4 Å². The minimum absolute atomic E-state index is 0.257. The summed E-state index contributed by atoms with van der Waals surface area (Å²) in [7, 11) is 0. The maximum Gasteiger partial charge on any atom is 0.271 e. The third-order valence-electron chi connectivity index (χ3n) is 1.89. The SMILES string of the molecule is O=C(N/N=C/c1ccco1)c1ccnc(Cl)c1. The Bertz CT molecular complexity index is 537. The van der Waals surface area contributed by atoms with E-state index in [-0.39, 0.29) is 11.1 Å². The largest absolute Gasteiger partial charge is 0.463 e. The number of carbonyl (C=O) groups excluding carboxylic acids is 1. The van der Waals surface area contributed by atoms with Gasteiger partial charge in [-0.3, -0.25) is 4.79 Å². The Labute approximate surface area is 102 Å². The molecule has 17 heavy (non-hydrogen) atoms. The molecule has 2 aromatic rings. The molecule has 2 rings (SSSR count). The highest BCUT2D eigenvalue weighted by atomic mass is 35.5. The molecule has 0 unspecified atom stereocenters. The van der Waals surface area contributed by atoms with E-state index in [4.69, 9.17) is 16.0 Å². The Morgan fingerprint density at radius 3 is 3.12 bits per heavy atom. The van der Waals surface area contributed by atoms with Gasteiger partial charge in [-0.25, -0.2) is 10.4 Å². The van der Waals surface area contributed by atoms with E-state index in [1.165, 1.54) is 24.7 Å². The van der Waals surface area contributed by atoms with Crippen molar-refractivity contribution in [3.05, 3.63) is 53.2 Å². The van der Waals surface area contributed by atoms with Gasteiger partial charge in [0.1, 0.15) is 10.9 Å². The lowest BCUT2D eigenvalue weighted by molar-refractivity contribution is 0.0955. The van der Waals surface area contributed by atoms with Gasteiger partial charge >= 0.3 is 0 Å². The predicted octanol–water partition coefficient (Wildman–Crippen LogP) is 2.09. The van der Waals surface area contributed by atoms with Crippen LogP contribution in [0.3, 0.4) is 0 Å². The second-order valence-corrected chi connectivity index (χ2v) is 3.47. The number of carbonyl (C=O) groups is 1. The molecule has 0 saturated carbocycles. The second-order valence-electron chi connectivity index (χ2n) is 3.08. The molecule has 2 aromatic heterocycles. The van der Waals surface area contributed by atoms with E-state index in [9.17, 15) is 4.79 Å². The van der Waals surface area contributed by atoms with Gasteiger partial charge in [-0.15, -0.1) is 0 Å². The lowest BCUT2D eigenvalue weighted by atomic mass is 10.2. The van der Waals surface area contributed by atoms with E-state index in [1.807, 2.05) is 0 Å². The molecule has 6 heteroatoms. The topological polar surface area (TPSA) is 67.5 Å². The summed E-state index contributed by atoms with van der Waals surface area (Å²) in [5.41, 5.74) is 2.74. The molecular formula is C11H8ClN3O2. The van der Waals surface area contributed by atoms with Crippen LogP contribution in [0.5, 0.6) is 0 Å². The van der Waals surface area contributed by atoms with Crippen LogP contribution in [0.15, 0.2) is 46.2 Å². The van der Waals surface area contributed by atoms with E-state index in [0.717, 1.165) is 0 Å². The number of nitrogens with zero attached hydrogens (tertiary/aromatic N) is 2. The molecular weight excluding hydrogens is 242 g/mol. The molecule has 0 aromatic carbocycles. The monoisotopic (exact) mass is 249 g/mol. The number of nitrogens with one attached hydrogen (secondary N) is 1. The standard InChI is InChI=1S/C11H8ClN3O2/c12-10-6-8(3-4-13-10)11(16)15-14-7-9-2-1-5-17-9/h1-7H,(H,15,16)/b14-7+. The molecule has 2 heterocycles. The summed E-state index contributed by atoms with van der Waals surface area (Å²) in [4.78, 5) is 15.4. The summed E-state index contributed by atoms with van der Waals surface area (Å²) < 4.78 is 5.01. The third kappa shape index (κ3) is 3.15. The van der Waals surface area contributed by atoms with E-state index in [1.54, 1.807) is 18.2 Å². The molecule has 0 aliphatic heterocycles. The lowest BCUT2D eigenvalue weighted by Gasteiger charge is -1.98. The molecule has 0 spiro atoms. The minimum Gasteiger partial charge on any atom is -0.463 e. The zero-order chi connectivity index (χ0) is 12.1. The van der Waals surface area contributed by atoms with Crippen molar-refractivity contribution in [2.75, 3.05) is 0 Å². The fourth-order valence-corrected chi connectivity index (χ4v) is 1.30. The van der Waals surface area contributed by atoms with Gasteiger partial charge in [-0.2, -0.15) is 5.10 Å². The highest BCUT2D eigenvalue weighted by molar-refractivity contribution is 6.29. The van der Waals surface area contributed by atoms with E-state index >= 15 is 0 Å². The number of furan rings is 1. The fraction of sp³-hybridized carbons (Fsp3) is 0. The Balaban J connectivity index is 1.98. The van der Waals surface area contributed by atoms with Gasteiger partial charge < -0.3 is 4.42 Å². The Morgan fingerprint density at radius 2 is 2.41 bits per heavy atom. The number of pyridine rings is 1. The minimum atomic E-state index is -0.364. The molecule has 86 valence electrons. The number of halogens is 1. The number of hydrogen-bond acceptors (Lipinski definition) is 4. The molecule has 1 amide bonds. The van der Waals surface area contributed by atoms with Crippen molar-refractivity contribution in [2.24, 2.45) is 5.10 Å². The van der Waals surface area contributed by atoms with Gasteiger partial charge in [0.2, 0.25) is 0 Å². The van der Waals surface area contributed by atoms with Gasteiger partial charge in [0, 0.05) is 11.8 Å². The molecule has 1 N–H and O–H groups in total. The van der Waals surface area contributed by atoms with Gasteiger partial charge in [-0.1, -0.05) is 11.6 Å². The average molecular weight is 250 g/mol. The molecule has 0 bridgehead atoms. The van der Waals surface area contributed by atoms with E-state index in [0.29, 0.717) is 11.3 Å². The first-order valence-corrected chi connectivity index (χ1v) is 5.12. The van der Waals surface area contributed by atoms with Crippen LogP contribution in [0.2, 0.25) is 5.15 Å². The van der Waals surface area contributed by atoms with Gasteiger partial charge in [-0.05, 0) is 24.3 Å². The molecule has 0 aliphatic rings. The summed E-state index contributed by atoms with van der Waals surface area (Å²) in [6, 6.07) is 6.45. The van der Waals surface area contributed by atoms with E-state index in [2.05, 4.69) is 15.5 Å². The number of rotatable bonds is 3. The average Bonchev–Trinajstić information content (AvgIpc) is 2.82. The fourth-order valence-electron chi connectivity index (χ4n) is 1.13. The van der Waals surface area contributed by atoms with Crippen molar-refractivity contribution >= 4 is 23.7 Å². The second kappa shape index (κ2) is 5.27. The number of amides is 1. The molecule has 0 atom stereocenters. The predicted molar refractivity (Wildman–Crippen MR) is 63.0 cm³/mol. The highest BCUT2D eigenvalue weighted by Crippen LogP contribution is 2.06. The molecule has 0 aliphatic carbocycles. The first-order chi connectivity index (χ1) is 8.25. The number of aromatic nitrogens is 1. The molecule has 0 saturated heterocycles. The summed E-state index contributed by atoms with van der Waals surface area (Å²) in [6.45, 7) is 0. The Morgan fingerprint density at radius 1 is 1.53 bits per heavy atom. The van der Waals surface area contributed by atoms with Crippen molar-refractivity contribution in [1.29, 1.82) is 0 Å². The Hall–Kier alpha value is -2.14. The van der Waals surface area contributed by atoms with Crippen LogP contribution in [0.1, 0.15) is 16.1 Å². The third-order valence-corrected chi connectivity index (χ3v) is 2.10. The summed E-state index contributed by atoms with van der Waals surface area (Å²) in [5.74, 6) is 0.190. The van der Waals surface area contributed by atoms with Crippen LogP contribution in [-0.2, 0) is 0 Å². The smallest absolute Gasteiger partial charge is 0.271 e. The normalized spacial score (nSPS) is 10.6. The van der Waals surface area contributed by atoms with Crippen LogP contribution < -0.4 is 5.43 Å². The van der Waals surface area contributed by atoms with Crippen LogP contribution in [0, 0.1) is 0 Å². The van der Waals surface area contributed by atoms with Gasteiger partial charge in [0.15, 0.2) is 0 Å². The molecule has 5 nitrogen and oxygen atoms in total. The van der Waals surface area contributed by atoms with Crippen LogP contribution >= 0.6 is 11.6 Å². The maximum absolute atomic E-state index is 11.6. The van der Waals surface area contributed by atoms with Gasteiger partial charge in [0.25, 0.3) is 5.91 Å². The van der Waals surface area contributed by atoms with E-state index < -0.39 is 0 Å². The maximum atomic E-state index is 11.6. The highest BCUT2D eigenvalue weighted by Gasteiger charge is 2.04. The molecule has 0 fully saturated rings. The van der Waals surface area contributed by atoms with Gasteiger partial charge in [0.05, 0.1) is 12.5 Å². The lowest BCUT2D eigenvalue weighted by Crippen LogP contribution is -2.17. The van der Waals surface area contributed by atoms with Crippen LogP contribution in [-0.4, -0.2) is 17.1 Å². The van der Waals surface area contributed by atoms with Crippen LogP contribution in [0.4, 0.5) is 0 Å². The summed E-state index contributed by atoms with van der Waals surface area (Å²) >= 11 is 5.66. The van der Waals surface area contributed by atoms with Crippen molar-refractivity contribution in [3.8, 4) is 0 Å². The van der Waals surface area contributed by atoms with Crippen molar-refractivity contribution in [2.45, 2.75) is 0 Å². The quantitative estimate of drug-likeness (QED) is 0.515. The molecule has 0 radical (unpaired) electrons. The number of hydrogen-bond donors (Lipinski definition) is 1. The first-order valence-electron chi connectivity index (χ1n) is 4.74.